The number of halogens is 1. The third-order valence-corrected chi connectivity index (χ3v) is 6.45. The number of H-pyrrole nitrogens is 1. The standard InChI is InChI=1S/C22H21FN4O3S/c1-12(28)24-8-15-9-27(22(29)30-15)14-5-6-16-13(7-14)3-2-4-17-20(16)25-26-21(17)18-10-31-11-19(18)23/h5-7,10-11,15H,2-4,8-9H2,1H3,(H,24,28)(H,25,26)/t15-/m0/s1. The molecule has 1 aromatic carbocycles. The number of fused-ring (bicyclic) bond motifs is 3. The molecule has 0 unspecified atom stereocenters. The van der Waals surface area contributed by atoms with E-state index in [-0.39, 0.29) is 17.8 Å². The number of aromatic amines is 1. The summed E-state index contributed by atoms with van der Waals surface area (Å²) < 4.78 is 19.5. The lowest BCUT2D eigenvalue weighted by Gasteiger charge is -2.16. The van der Waals surface area contributed by atoms with Crippen molar-refractivity contribution in [2.45, 2.75) is 32.3 Å². The highest BCUT2D eigenvalue weighted by Gasteiger charge is 2.33. The minimum absolute atomic E-state index is 0.156. The molecule has 2 amide bonds. The molecule has 0 radical (unpaired) electrons. The number of thiophene rings is 1. The molecule has 1 saturated heterocycles. The average molecular weight is 441 g/mol. The van der Waals surface area contributed by atoms with Crippen LogP contribution in [0.1, 0.15) is 24.5 Å². The largest absolute Gasteiger partial charge is 0.442 e. The second-order valence-electron chi connectivity index (χ2n) is 7.81. The van der Waals surface area contributed by atoms with E-state index < -0.39 is 6.09 Å². The molecule has 3 aromatic rings. The van der Waals surface area contributed by atoms with Gasteiger partial charge in [0.25, 0.3) is 0 Å². The Bertz CT molecular complexity index is 1170. The highest BCUT2D eigenvalue weighted by atomic mass is 32.1. The zero-order valence-corrected chi connectivity index (χ0v) is 17.7. The van der Waals surface area contributed by atoms with E-state index in [9.17, 15) is 14.0 Å². The van der Waals surface area contributed by atoms with E-state index in [0.717, 1.165) is 47.3 Å². The average Bonchev–Trinajstić information content (AvgIpc) is 3.42. The molecule has 0 saturated carbocycles. The van der Waals surface area contributed by atoms with Crippen molar-refractivity contribution >= 4 is 29.0 Å². The molecule has 31 heavy (non-hydrogen) atoms. The number of aromatic nitrogens is 2. The maximum Gasteiger partial charge on any atom is 0.414 e. The molecule has 9 heteroatoms. The second-order valence-corrected chi connectivity index (χ2v) is 8.55. The normalized spacial score (nSPS) is 17.7. The molecule has 2 aromatic heterocycles. The van der Waals surface area contributed by atoms with Gasteiger partial charge in [0.1, 0.15) is 11.9 Å². The summed E-state index contributed by atoms with van der Waals surface area (Å²) >= 11 is 1.33. The van der Waals surface area contributed by atoms with Crippen molar-refractivity contribution in [3.05, 3.63) is 45.9 Å². The Labute approximate surface area is 182 Å². The Balaban J connectivity index is 1.44. The van der Waals surface area contributed by atoms with Crippen molar-refractivity contribution in [1.29, 1.82) is 0 Å². The van der Waals surface area contributed by atoms with E-state index in [1.807, 2.05) is 18.2 Å². The van der Waals surface area contributed by atoms with Crippen molar-refractivity contribution in [2.75, 3.05) is 18.0 Å². The number of cyclic esters (lactones) is 1. The first-order valence-corrected chi connectivity index (χ1v) is 11.1. The molecule has 3 heterocycles. The van der Waals surface area contributed by atoms with Gasteiger partial charge in [-0.15, -0.1) is 11.3 Å². The fraction of sp³-hybridized carbons (Fsp3) is 0.318. The van der Waals surface area contributed by atoms with Crippen LogP contribution in [-0.4, -0.2) is 41.4 Å². The van der Waals surface area contributed by atoms with Crippen molar-refractivity contribution in [2.24, 2.45) is 0 Å². The molecule has 2 aliphatic rings. The Morgan fingerprint density at radius 3 is 3.00 bits per heavy atom. The third kappa shape index (κ3) is 3.59. The highest BCUT2D eigenvalue weighted by Crippen LogP contribution is 2.39. The van der Waals surface area contributed by atoms with Crippen LogP contribution in [0.2, 0.25) is 0 Å². The fourth-order valence-corrected chi connectivity index (χ4v) is 4.93. The molecule has 0 spiro atoms. The number of benzene rings is 1. The summed E-state index contributed by atoms with van der Waals surface area (Å²) in [6.07, 6.45) is 1.75. The summed E-state index contributed by atoms with van der Waals surface area (Å²) in [5.41, 5.74) is 6.04. The zero-order valence-electron chi connectivity index (χ0n) is 16.9. The van der Waals surface area contributed by atoms with Crippen LogP contribution in [-0.2, 0) is 22.4 Å². The molecule has 7 nitrogen and oxygen atoms in total. The number of nitrogens with zero attached hydrogens (tertiary/aromatic N) is 2. The lowest BCUT2D eigenvalue weighted by Crippen LogP contribution is -2.33. The molecular weight excluding hydrogens is 419 g/mol. The molecular formula is C22H21FN4O3S. The number of hydrogen-bond acceptors (Lipinski definition) is 5. The lowest BCUT2D eigenvalue weighted by atomic mass is 10.00. The summed E-state index contributed by atoms with van der Waals surface area (Å²) in [6.45, 7) is 2.11. The molecule has 1 fully saturated rings. The van der Waals surface area contributed by atoms with Gasteiger partial charge in [0.15, 0.2) is 0 Å². The summed E-state index contributed by atoms with van der Waals surface area (Å²) in [7, 11) is 0. The molecule has 5 rings (SSSR count). The maximum absolute atomic E-state index is 14.2. The number of nitrogens with one attached hydrogen (secondary N) is 2. The van der Waals surface area contributed by atoms with Crippen LogP contribution in [0.5, 0.6) is 0 Å². The number of carbonyl (C=O) groups is 2. The van der Waals surface area contributed by atoms with E-state index in [4.69, 9.17) is 4.74 Å². The molecule has 1 aliphatic carbocycles. The summed E-state index contributed by atoms with van der Waals surface area (Å²) in [5, 5.41) is 13.5. The van der Waals surface area contributed by atoms with Crippen LogP contribution < -0.4 is 10.2 Å². The summed E-state index contributed by atoms with van der Waals surface area (Å²) in [4.78, 5) is 25.1. The quantitative estimate of drug-likeness (QED) is 0.644. The monoisotopic (exact) mass is 440 g/mol. The summed E-state index contributed by atoms with van der Waals surface area (Å²) in [6, 6.07) is 5.88. The Kier molecular flexibility index (Phi) is 4.97. The fourth-order valence-electron chi connectivity index (χ4n) is 4.26. The third-order valence-electron chi connectivity index (χ3n) is 5.73. The smallest absolute Gasteiger partial charge is 0.414 e. The van der Waals surface area contributed by atoms with E-state index in [2.05, 4.69) is 15.5 Å². The molecule has 160 valence electrons. The van der Waals surface area contributed by atoms with Crippen molar-refractivity contribution in [3.63, 3.8) is 0 Å². The van der Waals surface area contributed by atoms with E-state index in [1.165, 1.54) is 23.6 Å². The first-order valence-electron chi connectivity index (χ1n) is 10.2. The van der Waals surface area contributed by atoms with Gasteiger partial charge in [0, 0.05) is 40.1 Å². The first kappa shape index (κ1) is 19.7. The second kappa shape index (κ2) is 7.81. The van der Waals surface area contributed by atoms with Gasteiger partial charge in [0.2, 0.25) is 5.91 Å². The maximum atomic E-state index is 14.2. The lowest BCUT2D eigenvalue weighted by molar-refractivity contribution is -0.119. The van der Waals surface area contributed by atoms with Crippen molar-refractivity contribution < 1.29 is 18.7 Å². The minimum atomic E-state index is -0.415. The topological polar surface area (TPSA) is 87.3 Å². The van der Waals surface area contributed by atoms with Crippen LogP contribution in [0.25, 0.3) is 22.5 Å². The number of carbonyl (C=O) groups excluding carboxylic acids is 2. The Hall–Kier alpha value is -3.20. The summed E-state index contributed by atoms with van der Waals surface area (Å²) in [5.74, 6) is -0.405. The van der Waals surface area contributed by atoms with E-state index >= 15 is 0 Å². The SMILES string of the molecule is CC(=O)NC[C@H]1CN(c2ccc3c(c2)CCCc2c(-c4cscc4F)n[nH]c2-3)C(=O)O1. The van der Waals surface area contributed by atoms with Gasteiger partial charge in [0.05, 0.1) is 24.5 Å². The van der Waals surface area contributed by atoms with E-state index in [1.54, 1.807) is 10.3 Å². The number of amides is 2. The van der Waals surface area contributed by atoms with Crippen LogP contribution >= 0.6 is 11.3 Å². The molecule has 1 atom stereocenters. The Morgan fingerprint density at radius 1 is 1.35 bits per heavy atom. The predicted molar refractivity (Wildman–Crippen MR) is 116 cm³/mol. The van der Waals surface area contributed by atoms with Crippen LogP contribution in [0.4, 0.5) is 14.9 Å². The van der Waals surface area contributed by atoms with Crippen LogP contribution in [0, 0.1) is 5.82 Å². The predicted octanol–water partition coefficient (Wildman–Crippen LogP) is 3.89. The van der Waals surface area contributed by atoms with Gasteiger partial charge in [-0.25, -0.2) is 9.18 Å². The van der Waals surface area contributed by atoms with Crippen LogP contribution in [0.15, 0.2) is 29.0 Å². The van der Waals surface area contributed by atoms with Gasteiger partial charge >= 0.3 is 6.09 Å². The highest BCUT2D eigenvalue weighted by molar-refractivity contribution is 7.08. The van der Waals surface area contributed by atoms with Crippen molar-refractivity contribution in [1.82, 2.24) is 15.5 Å². The number of hydrogen-bond donors (Lipinski definition) is 2. The zero-order chi connectivity index (χ0) is 21.5. The number of anilines is 1. The number of ether oxygens (including phenoxy) is 1. The van der Waals surface area contributed by atoms with Gasteiger partial charge in [-0.3, -0.25) is 14.8 Å². The van der Waals surface area contributed by atoms with Gasteiger partial charge < -0.3 is 10.1 Å². The molecule has 1 aliphatic heterocycles. The molecule has 2 N–H and O–H groups in total. The molecule has 0 bridgehead atoms. The minimum Gasteiger partial charge on any atom is -0.442 e. The van der Waals surface area contributed by atoms with E-state index in [0.29, 0.717) is 24.3 Å². The van der Waals surface area contributed by atoms with Gasteiger partial charge in [-0.05, 0) is 37.0 Å². The van der Waals surface area contributed by atoms with Crippen molar-refractivity contribution in [3.8, 4) is 22.5 Å². The number of rotatable bonds is 4. The van der Waals surface area contributed by atoms with Gasteiger partial charge in [-0.1, -0.05) is 6.07 Å². The van der Waals surface area contributed by atoms with Crippen LogP contribution in [0.3, 0.4) is 0 Å². The first-order chi connectivity index (χ1) is 15.0. The number of aryl methyl sites for hydroxylation is 1. The Morgan fingerprint density at radius 2 is 2.23 bits per heavy atom. The van der Waals surface area contributed by atoms with Gasteiger partial charge in [-0.2, -0.15) is 5.10 Å².